The highest BCUT2D eigenvalue weighted by atomic mass is 16.5. The Labute approximate surface area is 124 Å². The Balaban J connectivity index is 2.11. The molecule has 2 amide bonds. The van der Waals surface area contributed by atoms with Gasteiger partial charge in [-0.05, 0) is 20.8 Å². The highest BCUT2D eigenvalue weighted by Crippen LogP contribution is 2.07. The highest BCUT2D eigenvalue weighted by molar-refractivity contribution is 5.93. The first kappa shape index (κ1) is 15.8. The first-order valence-electron chi connectivity index (χ1n) is 7.42. The molecule has 2 aliphatic rings. The summed E-state index contributed by atoms with van der Waals surface area (Å²) >= 11 is 0. The van der Waals surface area contributed by atoms with Gasteiger partial charge in [0.1, 0.15) is 31.8 Å². The lowest BCUT2D eigenvalue weighted by Crippen LogP contribution is -3.15. The first-order valence-corrected chi connectivity index (χ1v) is 7.42. The Morgan fingerprint density at radius 2 is 2.05 bits per heavy atom. The molecule has 0 radical (unpaired) electrons. The van der Waals surface area contributed by atoms with Gasteiger partial charge in [0.2, 0.25) is 0 Å². The number of carbonyl (C=O) groups is 2. The second-order valence-corrected chi connectivity index (χ2v) is 5.58. The van der Waals surface area contributed by atoms with Crippen LogP contribution in [0.2, 0.25) is 0 Å². The highest BCUT2D eigenvalue weighted by Gasteiger charge is 2.30. The monoisotopic (exact) mass is 298 g/mol. The molecule has 0 unspecified atom stereocenters. The number of esters is 1. The summed E-state index contributed by atoms with van der Waals surface area (Å²) in [6, 6.07) is -0.271. The molecule has 7 nitrogen and oxygen atoms in total. The number of hydrogen-bond acceptors (Lipinski definition) is 4. The number of urea groups is 1. The predicted octanol–water partition coefficient (Wildman–Crippen LogP) is -1.19. The zero-order chi connectivity index (χ0) is 15.4. The van der Waals surface area contributed by atoms with Gasteiger partial charge in [0, 0.05) is 0 Å². The van der Waals surface area contributed by atoms with E-state index in [0.717, 1.165) is 13.1 Å². The van der Waals surface area contributed by atoms with E-state index in [1.807, 2.05) is 13.8 Å². The van der Waals surface area contributed by atoms with Crippen molar-refractivity contribution < 1.29 is 24.0 Å². The molecule has 2 heterocycles. The molecule has 2 aliphatic heterocycles. The summed E-state index contributed by atoms with van der Waals surface area (Å²) in [7, 11) is 0. The summed E-state index contributed by atoms with van der Waals surface area (Å²) in [6.45, 7) is 8.69. The van der Waals surface area contributed by atoms with Crippen molar-refractivity contribution in [2.45, 2.75) is 33.0 Å². The van der Waals surface area contributed by atoms with Gasteiger partial charge < -0.3 is 25.0 Å². The average Bonchev–Trinajstić information content (AvgIpc) is 2.37. The topological polar surface area (TPSA) is 81.1 Å². The van der Waals surface area contributed by atoms with Crippen LogP contribution in [0.1, 0.15) is 20.8 Å². The summed E-state index contributed by atoms with van der Waals surface area (Å²) in [6.07, 6.45) is 0.348. The number of carbonyl (C=O) groups excluding carboxylic acids is 2. The zero-order valence-corrected chi connectivity index (χ0v) is 12.8. The molecular formula is C14H24N3O4+. The Kier molecular flexibility index (Phi) is 5.19. The molecular weight excluding hydrogens is 274 g/mol. The maximum absolute atomic E-state index is 12.0. The lowest BCUT2D eigenvalue weighted by atomic mass is 10.1. The van der Waals surface area contributed by atoms with Gasteiger partial charge in [-0.3, -0.25) is 0 Å². The van der Waals surface area contributed by atoms with E-state index in [4.69, 9.17) is 9.47 Å². The normalized spacial score (nSPS) is 29.7. The minimum absolute atomic E-state index is 0.174. The fraction of sp³-hybridized carbons (Fsp3) is 0.714. The van der Waals surface area contributed by atoms with Crippen molar-refractivity contribution in [3.05, 3.63) is 11.3 Å². The maximum atomic E-state index is 12.0. The second-order valence-electron chi connectivity index (χ2n) is 5.58. The van der Waals surface area contributed by atoms with Crippen molar-refractivity contribution in [1.82, 2.24) is 10.6 Å². The molecule has 7 heteroatoms. The van der Waals surface area contributed by atoms with Crippen LogP contribution in [0, 0.1) is 0 Å². The first-order chi connectivity index (χ1) is 9.99. The molecule has 0 aliphatic carbocycles. The fourth-order valence-corrected chi connectivity index (χ4v) is 2.88. The molecule has 1 saturated heterocycles. The van der Waals surface area contributed by atoms with Crippen molar-refractivity contribution in [1.29, 1.82) is 0 Å². The Morgan fingerprint density at radius 1 is 1.38 bits per heavy atom. The SMILES string of the molecule is CCOC(=O)C1=C(C[NH+]2C[C@H](C)O[C@@H](C)C2)NC(=O)NC1. The Morgan fingerprint density at radius 3 is 2.67 bits per heavy atom. The summed E-state index contributed by atoms with van der Waals surface area (Å²) in [5.41, 5.74) is 1.17. The summed E-state index contributed by atoms with van der Waals surface area (Å²) in [5, 5.41) is 5.36. The molecule has 0 aromatic heterocycles. The van der Waals surface area contributed by atoms with Crippen molar-refractivity contribution in [3.63, 3.8) is 0 Å². The zero-order valence-electron chi connectivity index (χ0n) is 12.8. The number of hydrogen-bond donors (Lipinski definition) is 3. The third-order valence-corrected chi connectivity index (χ3v) is 3.62. The van der Waals surface area contributed by atoms with E-state index in [0.29, 0.717) is 24.4 Å². The van der Waals surface area contributed by atoms with Crippen LogP contribution in [0.25, 0.3) is 0 Å². The molecule has 0 bridgehead atoms. The maximum Gasteiger partial charge on any atom is 0.337 e. The Bertz CT molecular complexity index is 440. The van der Waals surface area contributed by atoms with Gasteiger partial charge in [0.15, 0.2) is 0 Å². The van der Waals surface area contributed by atoms with Crippen LogP contribution in [0.4, 0.5) is 4.79 Å². The quantitative estimate of drug-likeness (QED) is 0.570. The van der Waals surface area contributed by atoms with Crippen molar-refractivity contribution in [3.8, 4) is 0 Å². The smallest absolute Gasteiger partial charge is 0.337 e. The standard InChI is InChI=1S/C14H23N3O4/c1-4-20-13(18)11-5-15-14(19)16-12(11)8-17-6-9(2)21-10(3)7-17/h9-10H,4-8H2,1-3H3,(H2,15,16,19)/p+1/t9-,10-/m0/s1. The van der Waals surface area contributed by atoms with E-state index in [-0.39, 0.29) is 30.8 Å². The minimum Gasteiger partial charge on any atom is -0.463 e. The molecule has 0 aromatic rings. The number of morpholine rings is 1. The molecule has 21 heavy (non-hydrogen) atoms. The van der Waals surface area contributed by atoms with Gasteiger partial charge in [-0.2, -0.15) is 0 Å². The van der Waals surface area contributed by atoms with Gasteiger partial charge in [-0.15, -0.1) is 0 Å². The van der Waals surface area contributed by atoms with Crippen LogP contribution < -0.4 is 15.5 Å². The van der Waals surface area contributed by atoms with E-state index in [1.54, 1.807) is 6.92 Å². The predicted molar refractivity (Wildman–Crippen MR) is 75.8 cm³/mol. The van der Waals surface area contributed by atoms with Crippen molar-refractivity contribution in [2.24, 2.45) is 0 Å². The van der Waals surface area contributed by atoms with E-state index in [2.05, 4.69) is 10.6 Å². The largest absolute Gasteiger partial charge is 0.463 e. The molecule has 0 aromatic carbocycles. The molecule has 1 fully saturated rings. The average molecular weight is 298 g/mol. The van der Waals surface area contributed by atoms with Crippen LogP contribution in [0.15, 0.2) is 11.3 Å². The van der Waals surface area contributed by atoms with Crippen LogP contribution in [0.5, 0.6) is 0 Å². The molecule has 2 rings (SSSR count). The third kappa shape index (κ3) is 4.18. The van der Waals surface area contributed by atoms with Gasteiger partial charge in [-0.1, -0.05) is 0 Å². The second kappa shape index (κ2) is 6.91. The summed E-state index contributed by atoms with van der Waals surface area (Å²) in [5.74, 6) is -0.367. The lowest BCUT2D eigenvalue weighted by Gasteiger charge is -2.33. The number of nitrogens with one attached hydrogen (secondary N) is 3. The van der Waals surface area contributed by atoms with E-state index in [9.17, 15) is 9.59 Å². The van der Waals surface area contributed by atoms with Crippen LogP contribution in [0.3, 0.4) is 0 Å². The number of amides is 2. The molecule has 0 saturated carbocycles. The van der Waals surface area contributed by atoms with Crippen LogP contribution in [-0.2, 0) is 14.3 Å². The van der Waals surface area contributed by atoms with Gasteiger partial charge in [0.25, 0.3) is 0 Å². The van der Waals surface area contributed by atoms with E-state index in [1.165, 1.54) is 4.90 Å². The molecule has 3 N–H and O–H groups in total. The summed E-state index contributed by atoms with van der Waals surface area (Å²) < 4.78 is 10.8. The van der Waals surface area contributed by atoms with E-state index < -0.39 is 0 Å². The Hall–Kier alpha value is -1.60. The van der Waals surface area contributed by atoms with E-state index >= 15 is 0 Å². The minimum atomic E-state index is -0.367. The lowest BCUT2D eigenvalue weighted by molar-refractivity contribution is -0.910. The van der Waals surface area contributed by atoms with Crippen molar-refractivity contribution >= 4 is 12.0 Å². The van der Waals surface area contributed by atoms with Gasteiger partial charge in [0.05, 0.1) is 24.4 Å². The van der Waals surface area contributed by atoms with Gasteiger partial charge >= 0.3 is 12.0 Å². The molecule has 0 spiro atoms. The molecule has 118 valence electrons. The number of rotatable bonds is 4. The van der Waals surface area contributed by atoms with Crippen LogP contribution in [-0.4, -0.2) is 57.0 Å². The number of quaternary nitrogens is 1. The fourth-order valence-electron chi connectivity index (χ4n) is 2.88. The number of ether oxygens (including phenoxy) is 2. The van der Waals surface area contributed by atoms with Crippen molar-refractivity contribution in [2.75, 3.05) is 32.8 Å². The third-order valence-electron chi connectivity index (χ3n) is 3.62. The van der Waals surface area contributed by atoms with Crippen LogP contribution >= 0.6 is 0 Å². The van der Waals surface area contributed by atoms with Gasteiger partial charge in [-0.25, -0.2) is 9.59 Å². The molecule has 2 atom stereocenters. The summed E-state index contributed by atoms with van der Waals surface area (Å²) in [4.78, 5) is 24.8.